The van der Waals surface area contributed by atoms with E-state index in [4.69, 9.17) is 4.74 Å². The molecule has 2 saturated carbocycles. The third kappa shape index (κ3) is 2.40. The molecular weight excluding hydrogens is 306 g/mol. The molecule has 0 amide bonds. The predicted molar refractivity (Wildman–Crippen MR) is 102 cm³/mol. The lowest BCUT2D eigenvalue weighted by Gasteiger charge is -2.60. The zero-order valence-electron chi connectivity index (χ0n) is 15.6. The minimum Gasteiger partial charge on any atom is -0.497 e. The highest BCUT2D eigenvalue weighted by Crippen LogP contribution is 2.57. The molecule has 1 aliphatic heterocycles. The van der Waals surface area contributed by atoms with Crippen molar-refractivity contribution >= 4 is 0 Å². The average molecular weight is 338 g/mol. The Morgan fingerprint density at radius 1 is 1.28 bits per heavy atom. The van der Waals surface area contributed by atoms with Crippen LogP contribution in [0.1, 0.15) is 56.1 Å². The molecule has 134 valence electrons. The summed E-state index contributed by atoms with van der Waals surface area (Å²) >= 11 is 0. The van der Waals surface area contributed by atoms with Gasteiger partial charge in [0.25, 0.3) is 0 Å². The zero-order valence-corrected chi connectivity index (χ0v) is 15.6. The maximum atomic E-state index is 5.58. The van der Waals surface area contributed by atoms with Crippen molar-refractivity contribution in [2.24, 2.45) is 11.8 Å². The Morgan fingerprint density at radius 3 is 2.92 bits per heavy atom. The molecule has 0 aromatic heterocycles. The number of hydrogen-bond donors (Lipinski definition) is 0. The van der Waals surface area contributed by atoms with Crippen LogP contribution in [-0.4, -0.2) is 31.1 Å². The van der Waals surface area contributed by atoms with Gasteiger partial charge in [-0.1, -0.05) is 24.6 Å². The second kappa shape index (κ2) is 5.87. The van der Waals surface area contributed by atoms with Crippen molar-refractivity contribution < 1.29 is 4.74 Å². The molecule has 5 rings (SSSR count). The SMILES string of the molecule is C=C1CC[C@H]2[C@H]3Cc4ccc(OC)cc4[C@@]2(CCN3CC2CCC2)C1. The fraction of sp³-hybridized carbons (Fsp3) is 0.652. The first-order valence-electron chi connectivity index (χ1n) is 10.3. The van der Waals surface area contributed by atoms with Crippen LogP contribution in [-0.2, 0) is 11.8 Å². The molecule has 1 heterocycles. The van der Waals surface area contributed by atoms with Crippen LogP contribution in [0.15, 0.2) is 30.4 Å². The molecule has 1 saturated heterocycles. The Morgan fingerprint density at radius 2 is 2.16 bits per heavy atom. The Labute approximate surface area is 152 Å². The van der Waals surface area contributed by atoms with Gasteiger partial charge in [0.1, 0.15) is 5.75 Å². The summed E-state index contributed by atoms with van der Waals surface area (Å²) in [7, 11) is 1.80. The van der Waals surface area contributed by atoms with E-state index in [-0.39, 0.29) is 0 Å². The fourth-order valence-electron chi connectivity index (χ4n) is 6.38. The van der Waals surface area contributed by atoms with E-state index in [0.29, 0.717) is 5.41 Å². The molecule has 0 radical (unpaired) electrons. The summed E-state index contributed by atoms with van der Waals surface area (Å²) in [6.45, 7) is 7.04. The summed E-state index contributed by atoms with van der Waals surface area (Å²) in [6.07, 6.45) is 10.7. The lowest BCUT2D eigenvalue weighted by Crippen LogP contribution is -2.61. The van der Waals surface area contributed by atoms with Crippen molar-refractivity contribution in [3.63, 3.8) is 0 Å². The number of benzene rings is 1. The smallest absolute Gasteiger partial charge is 0.119 e. The molecule has 25 heavy (non-hydrogen) atoms. The Hall–Kier alpha value is -1.28. The molecule has 3 fully saturated rings. The van der Waals surface area contributed by atoms with Crippen LogP contribution >= 0.6 is 0 Å². The van der Waals surface area contributed by atoms with Gasteiger partial charge >= 0.3 is 0 Å². The van der Waals surface area contributed by atoms with Gasteiger partial charge in [-0.3, -0.25) is 4.90 Å². The highest BCUT2D eigenvalue weighted by molar-refractivity contribution is 5.47. The zero-order chi connectivity index (χ0) is 17.0. The Kier molecular flexibility index (Phi) is 3.74. The standard InChI is InChI=1S/C23H31NO/c1-16-6-9-20-22-12-18-7-8-19(25-2)13-21(18)23(20,14-16)10-11-24(22)15-17-4-3-5-17/h7-8,13,17,20,22H,1,3-6,9-12,14-15H2,2H3/t20-,22+,23-/m0/s1. The van der Waals surface area contributed by atoms with Crippen LogP contribution < -0.4 is 4.74 Å². The van der Waals surface area contributed by atoms with Gasteiger partial charge in [-0.25, -0.2) is 0 Å². The second-order valence-electron chi connectivity index (χ2n) is 9.06. The number of piperidine rings is 1. The number of ether oxygens (including phenoxy) is 1. The molecule has 4 aliphatic rings. The summed E-state index contributed by atoms with van der Waals surface area (Å²) in [5.41, 5.74) is 4.98. The first-order valence-corrected chi connectivity index (χ1v) is 10.3. The minimum absolute atomic E-state index is 0.332. The van der Waals surface area contributed by atoms with E-state index in [1.807, 2.05) is 0 Å². The first-order chi connectivity index (χ1) is 12.2. The molecule has 3 atom stereocenters. The number of methoxy groups -OCH3 is 1. The van der Waals surface area contributed by atoms with Crippen LogP contribution in [0.3, 0.4) is 0 Å². The highest BCUT2D eigenvalue weighted by atomic mass is 16.5. The predicted octanol–water partition coefficient (Wildman–Crippen LogP) is 4.72. The molecule has 3 aliphatic carbocycles. The number of likely N-dealkylation sites (tertiary alicyclic amines) is 1. The molecule has 2 nitrogen and oxygen atoms in total. The fourth-order valence-corrected chi connectivity index (χ4v) is 6.38. The highest BCUT2D eigenvalue weighted by Gasteiger charge is 2.54. The molecule has 1 aromatic rings. The maximum Gasteiger partial charge on any atom is 0.119 e. The molecular formula is C23H31NO. The molecule has 1 aromatic carbocycles. The quantitative estimate of drug-likeness (QED) is 0.740. The first kappa shape index (κ1) is 15.9. The van der Waals surface area contributed by atoms with Gasteiger partial charge in [-0.2, -0.15) is 0 Å². The number of rotatable bonds is 3. The van der Waals surface area contributed by atoms with Crippen molar-refractivity contribution in [1.82, 2.24) is 4.90 Å². The van der Waals surface area contributed by atoms with E-state index in [1.54, 1.807) is 18.2 Å². The maximum absolute atomic E-state index is 5.58. The number of nitrogens with zero attached hydrogens (tertiary/aromatic N) is 1. The van der Waals surface area contributed by atoms with Crippen molar-refractivity contribution in [2.45, 2.75) is 62.8 Å². The topological polar surface area (TPSA) is 12.5 Å². The summed E-state index contributed by atoms with van der Waals surface area (Å²) in [4.78, 5) is 2.88. The van der Waals surface area contributed by atoms with Gasteiger partial charge < -0.3 is 4.74 Å². The lowest BCUT2D eigenvalue weighted by atomic mass is 9.51. The van der Waals surface area contributed by atoms with E-state index in [2.05, 4.69) is 29.7 Å². The lowest BCUT2D eigenvalue weighted by molar-refractivity contribution is -0.0147. The molecule has 0 spiro atoms. The van der Waals surface area contributed by atoms with Crippen LogP contribution in [0, 0.1) is 11.8 Å². The van der Waals surface area contributed by atoms with Crippen molar-refractivity contribution in [3.8, 4) is 5.75 Å². The summed E-state index contributed by atoms with van der Waals surface area (Å²) < 4.78 is 5.58. The van der Waals surface area contributed by atoms with Gasteiger partial charge in [-0.05, 0) is 86.6 Å². The van der Waals surface area contributed by atoms with E-state index < -0.39 is 0 Å². The van der Waals surface area contributed by atoms with E-state index in [1.165, 1.54) is 70.0 Å². The van der Waals surface area contributed by atoms with E-state index in [0.717, 1.165) is 23.6 Å². The molecule has 2 bridgehead atoms. The van der Waals surface area contributed by atoms with Crippen molar-refractivity contribution in [1.29, 1.82) is 0 Å². The number of hydrogen-bond acceptors (Lipinski definition) is 2. The van der Waals surface area contributed by atoms with Crippen molar-refractivity contribution in [2.75, 3.05) is 20.2 Å². The van der Waals surface area contributed by atoms with Gasteiger partial charge in [0, 0.05) is 18.0 Å². The number of fused-ring (bicyclic) bond motifs is 1. The monoisotopic (exact) mass is 337 g/mol. The van der Waals surface area contributed by atoms with E-state index in [9.17, 15) is 0 Å². The largest absolute Gasteiger partial charge is 0.497 e. The third-order valence-corrected chi connectivity index (χ3v) is 7.86. The van der Waals surface area contributed by atoms with Gasteiger partial charge in [0.05, 0.1) is 7.11 Å². The van der Waals surface area contributed by atoms with Gasteiger partial charge in [0.15, 0.2) is 0 Å². The van der Waals surface area contributed by atoms with Crippen LogP contribution in [0.5, 0.6) is 5.75 Å². The van der Waals surface area contributed by atoms with Gasteiger partial charge in [-0.15, -0.1) is 0 Å². The van der Waals surface area contributed by atoms with Crippen LogP contribution in [0.4, 0.5) is 0 Å². The van der Waals surface area contributed by atoms with Gasteiger partial charge in [0.2, 0.25) is 0 Å². The third-order valence-electron chi connectivity index (χ3n) is 7.86. The normalized spacial score (nSPS) is 34.8. The van der Waals surface area contributed by atoms with E-state index >= 15 is 0 Å². The summed E-state index contributed by atoms with van der Waals surface area (Å²) in [6, 6.07) is 7.63. The van der Waals surface area contributed by atoms with Crippen LogP contribution in [0.2, 0.25) is 0 Å². The van der Waals surface area contributed by atoms with Crippen molar-refractivity contribution in [3.05, 3.63) is 41.5 Å². The summed E-state index contributed by atoms with van der Waals surface area (Å²) in [5.74, 6) is 2.81. The molecule has 2 heteroatoms. The minimum atomic E-state index is 0.332. The second-order valence-corrected chi connectivity index (χ2v) is 9.06. The van der Waals surface area contributed by atoms with Crippen LogP contribution in [0.25, 0.3) is 0 Å². The Bertz CT molecular complexity index is 691. The average Bonchev–Trinajstić information content (AvgIpc) is 2.58. The number of allylic oxidation sites excluding steroid dienone is 1. The summed E-state index contributed by atoms with van der Waals surface area (Å²) in [5, 5.41) is 0. The Balaban J connectivity index is 1.55. The molecule has 0 unspecified atom stereocenters. The molecule has 0 N–H and O–H groups in total.